The molecule has 9 nitrogen and oxygen atoms in total. The Morgan fingerprint density at radius 2 is 1.92 bits per heavy atom. The van der Waals surface area contributed by atoms with Crippen LogP contribution in [0.1, 0.15) is 20.3 Å². The van der Waals surface area contributed by atoms with Crippen molar-refractivity contribution in [3.63, 3.8) is 0 Å². The van der Waals surface area contributed by atoms with Crippen molar-refractivity contribution in [3.05, 3.63) is 30.7 Å². The largest absolute Gasteiger partial charge is 0.366 e. The summed E-state index contributed by atoms with van der Waals surface area (Å²) in [5, 5.41) is 8.05. The molecule has 4 rings (SSSR count). The number of sulfonamides is 1. The lowest BCUT2D eigenvalue weighted by atomic mass is 9.93. The molecule has 1 saturated heterocycles. The molecule has 130 valence electrons. The van der Waals surface area contributed by atoms with E-state index in [4.69, 9.17) is 5.73 Å². The highest BCUT2D eigenvalue weighted by Gasteiger charge is 2.44. The third kappa shape index (κ3) is 2.53. The second-order valence-electron chi connectivity index (χ2n) is 6.61. The lowest BCUT2D eigenvalue weighted by Crippen LogP contribution is -2.58. The van der Waals surface area contributed by atoms with Gasteiger partial charge in [-0.3, -0.25) is 4.98 Å². The zero-order valence-corrected chi connectivity index (χ0v) is 14.6. The van der Waals surface area contributed by atoms with Gasteiger partial charge in [0.2, 0.25) is 16.0 Å². The van der Waals surface area contributed by atoms with Gasteiger partial charge in [-0.1, -0.05) is 0 Å². The van der Waals surface area contributed by atoms with E-state index in [1.54, 1.807) is 24.5 Å². The molecule has 2 N–H and O–H groups in total. The van der Waals surface area contributed by atoms with Crippen molar-refractivity contribution >= 4 is 21.6 Å². The molecule has 0 amide bonds. The van der Waals surface area contributed by atoms with Crippen LogP contribution in [-0.2, 0) is 10.0 Å². The maximum atomic E-state index is 12.9. The van der Waals surface area contributed by atoms with E-state index in [-0.39, 0.29) is 16.4 Å². The minimum absolute atomic E-state index is 0.124. The topological polar surface area (TPSA) is 119 Å². The Kier molecular flexibility index (Phi) is 3.31. The van der Waals surface area contributed by atoms with Crippen molar-refractivity contribution in [2.24, 2.45) is 0 Å². The minimum atomic E-state index is -3.58. The van der Waals surface area contributed by atoms with Gasteiger partial charge in [-0.25, -0.2) is 8.42 Å². The molecule has 0 bridgehead atoms. The van der Waals surface area contributed by atoms with Gasteiger partial charge in [-0.15, -0.1) is 9.73 Å². The second kappa shape index (κ2) is 5.20. The smallest absolute Gasteiger partial charge is 0.245 e. The Morgan fingerprint density at radius 3 is 2.60 bits per heavy atom. The molecular weight excluding hydrogens is 342 g/mol. The van der Waals surface area contributed by atoms with Crippen LogP contribution < -0.4 is 5.73 Å². The molecule has 0 spiro atoms. The number of aromatic nitrogens is 5. The van der Waals surface area contributed by atoms with Crippen LogP contribution >= 0.6 is 0 Å². The van der Waals surface area contributed by atoms with Crippen LogP contribution in [0.3, 0.4) is 0 Å². The van der Waals surface area contributed by atoms with Gasteiger partial charge < -0.3 is 5.73 Å². The molecule has 1 fully saturated rings. The number of hydrogen-bond acceptors (Lipinski definition) is 7. The number of nitrogens with zero attached hydrogens (tertiary/aromatic N) is 6. The molecule has 1 aliphatic rings. The first-order valence-electron chi connectivity index (χ1n) is 7.74. The summed E-state index contributed by atoms with van der Waals surface area (Å²) in [5.41, 5.74) is 7.00. The molecule has 0 aromatic carbocycles. The van der Waals surface area contributed by atoms with Gasteiger partial charge in [0.05, 0.1) is 6.20 Å². The van der Waals surface area contributed by atoms with Crippen LogP contribution in [0.2, 0.25) is 0 Å². The highest BCUT2D eigenvalue weighted by atomic mass is 32.2. The van der Waals surface area contributed by atoms with Crippen LogP contribution in [0.15, 0.2) is 35.6 Å². The van der Waals surface area contributed by atoms with Crippen molar-refractivity contribution < 1.29 is 8.42 Å². The van der Waals surface area contributed by atoms with E-state index >= 15 is 0 Å². The number of fused-ring (bicyclic) bond motifs is 1. The summed E-state index contributed by atoms with van der Waals surface area (Å²) >= 11 is 0. The lowest BCUT2D eigenvalue weighted by Gasteiger charge is -2.46. The zero-order chi connectivity index (χ0) is 17.8. The quantitative estimate of drug-likeness (QED) is 0.739. The fraction of sp³-hybridized carbons (Fsp3) is 0.333. The van der Waals surface area contributed by atoms with E-state index in [0.717, 1.165) is 6.42 Å². The van der Waals surface area contributed by atoms with E-state index in [1.807, 2.05) is 13.8 Å². The van der Waals surface area contributed by atoms with Crippen molar-refractivity contribution in [2.75, 3.05) is 12.3 Å². The monoisotopic (exact) mass is 359 g/mol. The van der Waals surface area contributed by atoms with E-state index in [0.29, 0.717) is 23.3 Å². The summed E-state index contributed by atoms with van der Waals surface area (Å²) in [7, 11) is -3.58. The van der Waals surface area contributed by atoms with E-state index in [2.05, 4.69) is 20.2 Å². The SMILES string of the molecule is CC1(C)CCN1S(=O)(=O)c1cncc(-c2cnn3nc(N)nc3c2)c1. The number of pyridine rings is 1. The van der Waals surface area contributed by atoms with Gasteiger partial charge in [-0.2, -0.15) is 14.4 Å². The lowest BCUT2D eigenvalue weighted by molar-refractivity contribution is 0.110. The van der Waals surface area contributed by atoms with Crippen molar-refractivity contribution in [2.45, 2.75) is 30.7 Å². The number of hydrogen-bond donors (Lipinski definition) is 1. The minimum Gasteiger partial charge on any atom is -0.366 e. The number of nitrogens with two attached hydrogens (primary N) is 1. The molecule has 25 heavy (non-hydrogen) atoms. The molecule has 3 aromatic rings. The van der Waals surface area contributed by atoms with Gasteiger partial charge in [-0.05, 0) is 32.4 Å². The fourth-order valence-electron chi connectivity index (χ4n) is 2.90. The Balaban J connectivity index is 1.76. The van der Waals surface area contributed by atoms with Gasteiger partial charge >= 0.3 is 0 Å². The number of nitrogen functional groups attached to an aromatic ring is 1. The van der Waals surface area contributed by atoms with Crippen LogP contribution in [-0.4, -0.2) is 49.6 Å². The van der Waals surface area contributed by atoms with Gasteiger partial charge in [0.15, 0.2) is 5.65 Å². The normalized spacial score (nSPS) is 17.5. The molecule has 0 atom stereocenters. The molecule has 10 heteroatoms. The molecule has 0 aliphatic carbocycles. The van der Waals surface area contributed by atoms with Crippen molar-refractivity contribution in [1.82, 2.24) is 29.1 Å². The van der Waals surface area contributed by atoms with Crippen LogP contribution in [0.4, 0.5) is 5.95 Å². The molecule has 1 aliphatic heterocycles. The van der Waals surface area contributed by atoms with E-state index in [1.165, 1.54) is 15.1 Å². The molecular formula is C15H17N7O2S. The summed E-state index contributed by atoms with van der Waals surface area (Å²) in [4.78, 5) is 8.33. The first-order valence-corrected chi connectivity index (χ1v) is 9.18. The molecule has 0 saturated carbocycles. The van der Waals surface area contributed by atoms with Gasteiger partial charge in [0, 0.05) is 35.6 Å². The average Bonchev–Trinajstić information content (AvgIpc) is 2.92. The fourth-order valence-corrected chi connectivity index (χ4v) is 4.70. The first-order chi connectivity index (χ1) is 11.8. The maximum absolute atomic E-state index is 12.9. The Hall–Kier alpha value is -2.59. The Bertz CT molecular complexity index is 1070. The summed E-state index contributed by atoms with van der Waals surface area (Å²) in [6.45, 7) is 4.35. The summed E-state index contributed by atoms with van der Waals surface area (Å²) < 4.78 is 28.5. The number of rotatable bonds is 3. The summed E-state index contributed by atoms with van der Waals surface area (Å²) in [5.74, 6) is 0.124. The maximum Gasteiger partial charge on any atom is 0.245 e. The molecule has 3 aromatic heterocycles. The van der Waals surface area contributed by atoms with Gasteiger partial charge in [0.25, 0.3) is 0 Å². The third-order valence-corrected chi connectivity index (χ3v) is 6.53. The Labute approximate surface area is 144 Å². The molecule has 0 radical (unpaired) electrons. The van der Waals surface area contributed by atoms with Crippen LogP contribution in [0.25, 0.3) is 16.8 Å². The second-order valence-corrected chi connectivity index (χ2v) is 8.47. The van der Waals surface area contributed by atoms with Crippen molar-refractivity contribution in [1.29, 1.82) is 0 Å². The van der Waals surface area contributed by atoms with E-state index < -0.39 is 10.0 Å². The predicted molar refractivity (Wildman–Crippen MR) is 91.0 cm³/mol. The Morgan fingerprint density at radius 1 is 1.16 bits per heavy atom. The summed E-state index contributed by atoms with van der Waals surface area (Å²) in [6, 6.07) is 3.33. The standard InChI is InChI=1S/C15H17N7O2S/c1-15(2)3-4-21(15)25(23,24)12-5-10(7-17-9-12)11-6-13-19-14(16)20-22(13)18-8-11/h5-9H,3-4H2,1-2H3,(H2,16,20). The predicted octanol–water partition coefficient (Wildman–Crippen LogP) is 0.941. The summed E-state index contributed by atoms with van der Waals surface area (Å²) in [6.07, 6.45) is 5.37. The number of anilines is 1. The van der Waals surface area contributed by atoms with Crippen molar-refractivity contribution in [3.8, 4) is 11.1 Å². The van der Waals surface area contributed by atoms with Crippen LogP contribution in [0, 0.1) is 0 Å². The highest BCUT2D eigenvalue weighted by Crippen LogP contribution is 2.36. The molecule has 4 heterocycles. The molecule has 0 unspecified atom stereocenters. The first kappa shape index (κ1) is 15.9. The van der Waals surface area contributed by atoms with E-state index in [9.17, 15) is 8.42 Å². The van der Waals surface area contributed by atoms with Gasteiger partial charge in [0.1, 0.15) is 4.90 Å². The highest BCUT2D eigenvalue weighted by molar-refractivity contribution is 7.89. The third-order valence-electron chi connectivity index (χ3n) is 4.46. The van der Waals surface area contributed by atoms with Crippen LogP contribution in [0.5, 0.6) is 0 Å². The zero-order valence-electron chi connectivity index (χ0n) is 13.8. The average molecular weight is 359 g/mol.